The highest BCUT2D eigenvalue weighted by Gasteiger charge is 2.15. The first-order valence-electron chi connectivity index (χ1n) is 6.71. The summed E-state index contributed by atoms with van der Waals surface area (Å²) < 4.78 is 10.0. The summed E-state index contributed by atoms with van der Waals surface area (Å²) >= 11 is 0. The summed E-state index contributed by atoms with van der Waals surface area (Å²) in [6, 6.07) is 20.6. The first-order valence-corrected chi connectivity index (χ1v) is 8.60. The summed E-state index contributed by atoms with van der Waals surface area (Å²) in [4.78, 5) is 0. The molecule has 98 valence electrons. The number of benzene rings is 2. The van der Waals surface area contributed by atoms with Gasteiger partial charge in [0, 0.05) is 11.5 Å². The normalized spacial score (nSPS) is 17.1. The first-order chi connectivity index (χ1) is 9.36. The summed E-state index contributed by atoms with van der Waals surface area (Å²) in [5.74, 6) is 2.27. The molecular formula is C16H18N2S. The zero-order valence-electron chi connectivity index (χ0n) is 10.9. The highest BCUT2D eigenvalue weighted by molar-refractivity contribution is 7.96. The van der Waals surface area contributed by atoms with Crippen molar-refractivity contribution in [3.63, 3.8) is 0 Å². The van der Waals surface area contributed by atoms with E-state index in [4.69, 9.17) is 8.73 Å². The Balaban J connectivity index is 2.10. The molecular weight excluding hydrogens is 252 g/mol. The van der Waals surface area contributed by atoms with Gasteiger partial charge in [-0.05, 0) is 46.7 Å². The molecule has 2 nitrogen and oxygen atoms in total. The van der Waals surface area contributed by atoms with Gasteiger partial charge in [0.25, 0.3) is 0 Å². The molecule has 0 radical (unpaired) electrons. The lowest BCUT2D eigenvalue weighted by atomic mass is 10.3. The molecule has 0 atom stereocenters. The van der Waals surface area contributed by atoms with Gasteiger partial charge in [-0.3, -0.25) is 0 Å². The highest BCUT2D eigenvalue weighted by atomic mass is 32.2. The van der Waals surface area contributed by atoms with Crippen LogP contribution >= 0.6 is 0 Å². The third-order valence-corrected chi connectivity index (χ3v) is 6.24. The van der Waals surface area contributed by atoms with Gasteiger partial charge in [-0.2, -0.15) is 0 Å². The third-order valence-electron chi connectivity index (χ3n) is 3.26. The minimum absolute atomic E-state index is 1.07. The summed E-state index contributed by atoms with van der Waals surface area (Å²) in [6.07, 6.45) is 2.50. The Morgan fingerprint density at radius 1 is 0.632 bits per heavy atom. The largest absolute Gasteiger partial charge is 0.218 e. The van der Waals surface area contributed by atoms with E-state index < -0.39 is 9.62 Å². The second-order valence-electron chi connectivity index (χ2n) is 4.77. The van der Waals surface area contributed by atoms with E-state index in [2.05, 4.69) is 24.3 Å². The second-order valence-corrected chi connectivity index (χ2v) is 7.56. The standard InChI is InChI=1S/C16H18N2S/c1-3-9-15(10-4-1)17-19(13-7-8-14-19)18-16-11-5-2-6-12-16/h1-6,9-12H,7-8,13-14H2. The predicted octanol–water partition coefficient (Wildman–Crippen LogP) is 4.96. The minimum Gasteiger partial charge on any atom is -0.218 e. The number of rotatable bonds is 2. The van der Waals surface area contributed by atoms with Crippen LogP contribution in [0.15, 0.2) is 69.4 Å². The fraction of sp³-hybridized carbons (Fsp3) is 0.250. The van der Waals surface area contributed by atoms with Crippen LogP contribution in [0, 0.1) is 0 Å². The molecule has 0 spiro atoms. The van der Waals surface area contributed by atoms with Crippen molar-refractivity contribution in [1.29, 1.82) is 0 Å². The summed E-state index contributed by atoms with van der Waals surface area (Å²) in [5, 5.41) is 0. The van der Waals surface area contributed by atoms with E-state index in [1.54, 1.807) is 0 Å². The lowest BCUT2D eigenvalue weighted by Crippen LogP contribution is -1.99. The van der Waals surface area contributed by atoms with Crippen molar-refractivity contribution in [2.24, 2.45) is 8.73 Å². The van der Waals surface area contributed by atoms with Crippen molar-refractivity contribution < 1.29 is 0 Å². The van der Waals surface area contributed by atoms with Crippen LogP contribution in [0.2, 0.25) is 0 Å². The monoisotopic (exact) mass is 270 g/mol. The number of hydrogen-bond acceptors (Lipinski definition) is 2. The molecule has 3 rings (SSSR count). The molecule has 0 aromatic heterocycles. The van der Waals surface area contributed by atoms with Crippen LogP contribution in [0.1, 0.15) is 12.8 Å². The van der Waals surface area contributed by atoms with Crippen LogP contribution in [0.3, 0.4) is 0 Å². The Morgan fingerprint density at radius 2 is 1.05 bits per heavy atom. The molecule has 0 amide bonds. The van der Waals surface area contributed by atoms with Crippen molar-refractivity contribution in [2.45, 2.75) is 12.8 Å². The lowest BCUT2D eigenvalue weighted by molar-refractivity contribution is 0.949. The molecule has 1 aliphatic heterocycles. The fourth-order valence-electron chi connectivity index (χ4n) is 2.34. The van der Waals surface area contributed by atoms with E-state index in [1.165, 1.54) is 12.8 Å². The van der Waals surface area contributed by atoms with Crippen LogP contribution in [0.25, 0.3) is 0 Å². The van der Waals surface area contributed by atoms with Gasteiger partial charge in [0.2, 0.25) is 0 Å². The number of hydrogen-bond donors (Lipinski definition) is 0. The molecule has 1 fully saturated rings. The van der Waals surface area contributed by atoms with Gasteiger partial charge in [0.1, 0.15) is 0 Å². The molecule has 0 bridgehead atoms. The third kappa shape index (κ3) is 3.04. The summed E-state index contributed by atoms with van der Waals surface area (Å²) in [7, 11) is -1.22. The van der Waals surface area contributed by atoms with Gasteiger partial charge in [0.15, 0.2) is 0 Å². The van der Waals surface area contributed by atoms with Crippen molar-refractivity contribution in [3.05, 3.63) is 60.7 Å². The van der Waals surface area contributed by atoms with Crippen LogP contribution in [0.4, 0.5) is 11.4 Å². The van der Waals surface area contributed by atoms with Gasteiger partial charge in [-0.15, -0.1) is 0 Å². The van der Waals surface area contributed by atoms with E-state index in [0.717, 1.165) is 22.9 Å². The smallest absolute Gasteiger partial charge is 0.0713 e. The molecule has 2 aromatic rings. The molecule has 1 heterocycles. The van der Waals surface area contributed by atoms with Crippen LogP contribution in [-0.2, 0) is 9.62 Å². The average Bonchev–Trinajstić information content (AvgIpc) is 2.89. The number of nitrogens with zero attached hydrogens (tertiary/aromatic N) is 2. The van der Waals surface area contributed by atoms with E-state index in [0.29, 0.717) is 0 Å². The van der Waals surface area contributed by atoms with Crippen LogP contribution in [0.5, 0.6) is 0 Å². The summed E-state index contributed by atoms with van der Waals surface area (Å²) in [6.45, 7) is 0. The molecule has 0 N–H and O–H groups in total. The van der Waals surface area contributed by atoms with E-state index in [1.807, 2.05) is 36.4 Å². The maximum atomic E-state index is 5.00. The van der Waals surface area contributed by atoms with Gasteiger partial charge < -0.3 is 0 Å². The van der Waals surface area contributed by atoms with Crippen LogP contribution < -0.4 is 0 Å². The highest BCUT2D eigenvalue weighted by Crippen LogP contribution is 2.26. The first kappa shape index (κ1) is 12.4. The SMILES string of the molecule is c1ccc(N=S2(=Nc3ccccc3)CCCC2)cc1. The van der Waals surface area contributed by atoms with Crippen molar-refractivity contribution in [1.82, 2.24) is 0 Å². The van der Waals surface area contributed by atoms with E-state index in [-0.39, 0.29) is 0 Å². The fourth-order valence-corrected chi connectivity index (χ4v) is 5.31. The Bertz CT molecular complexity index is 590. The van der Waals surface area contributed by atoms with Crippen molar-refractivity contribution in [2.75, 3.05) is 11.5 Å². The zero-order chi connectivity index (χ0) is 13.0. The zero-order valence-corrected chi connectivity index (χ0v) is 11.7. The van der Waals surface area contributed by atoms with E-state index in [9.17, 15) is 0 Å². The molecule has 0 unspecified atom stereocenters. The molecule has 0 aliphatic carbocycles. The Labute approximate surface area is 115 Å². The predicted molar refractivity (Wildman–Crippen MR) is 83.4 cm³/mol. The van der Waals surface area contributed by atoms with Gasteiger partial charge >= 0.3 is 0 Å². The van der Waals surface area contributed by atoms with E-state index >= 15 is 0 Å². The maximum absolute atomic E-state index is 5.00. The molecule has 1 saturated heterocycles. The van der Waals surface area contributed by atoms with Crippen LogP contribution in [-0.4, -0.2) is 11.5 Å². The van der Waals surface area contributed by atoms with Gasteiger partial charge in [-0.25, -0.2) is 8.73 Å². The topological polar surface area (TPSA) is 24.7 Å². The molecule has 3 heteroatoms. The Morgan fingerprint density at radius 3 is 1.47 bits per heavy atom. The maximum Gasteiger partial charge on any atom is 0.0713 e. The van der Waals surface area contributed by atoms with Crippen molar-refractivity contribution >= 4 is 21.0 Å². The molecule has 0 saturated carbocycles. The summed E-state index contributed by atoms with van der Waals surface area (Å²) in [5.41, 5.74) is 2.14. The van der Waals surface area contributed by atoms with Gasteiger partial charge in [0.05, 0.1) is 11.4 Å². The average molecular weight is 270 g/mol. The lowest BCUT2D eigenvalue weighted by Gasteiger charge is -2.08. The minimum atomic E-state index is -1.22. The quantitative estimate of drug-likeness (QED) is 0.736. The van der Waals surface area contributed by atoms with Gasteiger partial charge in [-0.1, -0.05) is 36.4 Å². The molecule has 1 aliphatic rings. The Kier molecular flexibility index (Phi) is 3.65. The molecule has 19 heavy (non-hydrogen) atoms. The van der Waals surface area contributed by atoms with Crippen molar-refractivity contribution in [3.8, 4) is 0 Å². The second kappa shape index (κ2) is 5.57. The molecule has 2 aromatic carbocycles. The Hall–Kier alpha value is -1.61.